The number of hydrogen-bond donors (Lipinski definition) is 0. The van der Waals surface area contributed by atoms with E-state index in [-0.39, 0.29) is 5.91 Å². The van der Waals surface area contributed by atoms with Gasteiger partial charge in [-0.3, -0.25) is 4.79 Å². The molecular weight excluding hydrogens is 188 g/mol. The number of amides is 1. The Balaban J connectivity index is 2.96. The summed E-state index contributed by atoms with van der Waals surface area (Å²) < 4.78 is 0. The number of benzene rings is 1. The average molecular weight is 202 g/mol. The van der Waals surface area contributed by atoms with E-state index in [1.165, 1.54) is 0 Å². The van der Waals surface area contributed by atoms with Crippen LogP contribution in [-0.4, -0.2) is 13.0 Å². The van der Waals surface area contributed by atoms with Gasteiger partial charge in [-0.25, -0.2) is 0 Å². The molecule has 3 heteroatoms. The summed E-state index contributed by atoms with van der Waals surface area (Å²) in [4.78, 5) is 13.2. The molecule has 1 amide bonds. The van der Waals surface area contributed by atoms with Gasteiger partial charge in [0.05, 0.1) is 11.3 Å². The van der Waals surface area contributed by atoms with Crippen molar-refractivity contribution in [3.05, 3.63) is 29.8 Å². The van der Waals surface area contributed by atoms with Gasteiger partial charge in [-0.15, -0.1) is 0 Å². The zero-order valence-corrected chi connectivity index (χ0v) is 9.03. The lowest BCUT2D eigenvalue weighted by molar-refractivity contribution is -0.118. The minimum Gasteiger partial charge on any atom is -0.314 e. The first-order chi connectivity index (χ1) is 7.20. The third-order valence-corrected chi connectivity index (χ3v) is 2.22. The van der Waals surface area contributed by atoms with Crippen molar-refractivity contribution in [1.82, 2.24) is 0 Å². The van der Waals surface area contributed by atoms with Crippen molar-refractivity contribution in [2.24, 2.45) is 0 Å². The van der Waals surface area contributed by atoms with Crippen molar-refractivity contribution < 1.29 is 4.79 Å². The molecule has 0 saturated heterocycles. The lowest BCUT2D eigenvalue weighted by Gasteiger charge is -2.17. The molecule has 0 aliphatic heterocycles. The molecular formula is C12H14N2O. The molecule has 0 bridgehead atoms. The van der Waals surface area contributed by atoms with E-state index in [1.807, 2.05) is 13.0 Å². The van der Waals surface area contributed by atoms with Crippen molar-refractivity contribution in [2.45, 2.75) is 19.8 Å². The summed E-state index contributed by atoms with van der Waals surface area (Å²) >= 11 is 0. The number of anilines is 1. The fourth-order valence-corrected chi connectivity index (χ4v) is 1.38. The zero-order valence-electron chi connectivity index (χ0n) is 9.03. The molecule has 3 nitrogen and oxygen atoms in total. The second kappa shape index (κ2) is 5.16. The molecule has 1 aromatic rings. The summed E-state index contributed by atoms with van der Waals surface area (Å²) in [5.41, 5.74) is 1.21. The maximum absolute atomic E-state index is 11.6. The quantitative estimate of drug-likeness (QED) is 0.755. The lowest BCUT2D eigenvalue weighted by Crippen LogP contribution is -2.26. The molecule has 15 heavy (non-hydrogen) atoms. The number of carbonyl (C=O) groups is 1. The second-order valence-electron chi connectivity index (χ2n) is 3.33. The van der Waals surface area contributed by atoms with Crippen LogP contribution < -0.4 is 4.90 Å². The molecule has 0 unspecified atom stereocenters. The maximum Gasteiger partial charge on any atom is 0.226 e. The Labute approximate surface area is 89.9 Å². The minimum absolute atomic E-state index is 0.0419. The van der Waals surface area contributed by atoms with Crippen LogP contribution in [0, 0.1) is 11.3 Å². The number of para-hydroxylation sites is 1. The van der Waals surface area contributed by atoms with Crippen molar-refractivity contribution in [2.75, 3.05) is 11.9 Å². The highest BCUT2D eigenvalue weighted by atomic mass is 16.2. The molecule has 1 rings (SSSR count). The number of rotatable bonds is 3. The minimum atomic E-state index is 0.0419. The number of hydrogen-bond acceptors (Lipinski definition) is 2. The van der Waals surface area contributed by atoms with Gasteiger partial charge in [0.2, 0.25) is 5.91 Å². The Hall–Kier alpha value is -1.82. The maximum atomic E-state index is 11.6. The van der Waals surface area contributed by atoms with E-state index in [0.29, 0.717) is 17.7 Å². The van der Waals surface area contributed by atoms with Crippen molar-refractivity contribution in [1.29, 1.82) is 5.26 Å². The van der Waals surface area contributed by atoms with Crippen LogP contribution in [0.25, 0.3) is 0 Å². The van der Waals surface area contributed by atoms with Gasteiger partial charge in [0.1, 0.15) is 6.07 Å². The van der Waals surface area contributed by atoms with Crippen LogP contribution in [-0.2, 0) is 4.79 Å². The van der Waals surface area contributed by atoms with Crippen LogP contribution in [0.1, 0.15) is 25.3 Å². The monoisotopic (exact) mass is 202 g/mol. The van der Waals surface area contributed by atoms with Gasteiger partial charge in [-0.1, -0.05) is 19.1 Å². The van der Waals surface area contributed by atoms with Crippen LogP contribution >= 0.6 is 0 Å². The van der Waals surface area contributed by atoms with Gasteiger partial charge in [0.15, 0.2) is 0 Å². The van der Waals surface area contributed by atoms with Gasteiger partial charge in [-0.05, 0) is 18.6 Å². The molecule has 78 valence electrons. The largest absolute Gasteiger partial charge is 0.314 e. The van der Waals surface area contributed by atoms with Gasteiger partial charge in [0, 0.05) is 13.5 Å². The summed E-state index contributed by atoms with van der Waals surface area (Å²) in [6, 6.07) is 9.19. The van der Waals surface area contributed by atoms with Gasteiger partial charge in [-0.2, -0.15) is 5.26 Å². The van der Waals surface area contributed by atoms with E-state index in [4.69, 9.17) is 5.26 Å². The normalized spacial score (nSPS) is 9.40. The molecule has 0 atom stereocenters. The van der Waals surface area contributed by atoms with Gasteiger partial charge in [0.25, 0.3) is 0 Å². The van der Waals surface area contributed by atoms with E-state index in [1.54, 1.807) is 30.1 Å². The first-order valence-corrected chi connectivity index (χ1v) is 4.96. The van der Waals surface area contributed by atoms with E-state index in [2.05, 4.69) is 6.07 Å². The number of nitriles is 1. The van der Waals surface area contributed by atoms with Crippen LogP contribution in [0.15, 0.2) is 24.3 Å². The molecule has 0 spiro atoms. The van der Waals surface area contributed by atoms with Gasteiger partial charge >= 0.3 is 0 Å². The van der Waals surface area contributed by atoms with E-state index in [0.717, 1.165) is 6.42 Å². The molecule has 0 saturated carbocycles. The molecule has 0 aliphatic rings. The molecule has 0 aromatic heterocycles. The summed E-state index contributed by atoms with van der Waals surface area (Å²) in [6.45, 7) is 1.96. The zero-order chi connectivity index (χ0) is 11.3. The average Bonchev–Trinajstić information content (AvgIpc) is 2.28. The van der Waals surface area contributed by atoms with E-state index in [9.17, 15) is 4.79 Å². The summed E-state index contributed by atoms with van der Waals surface area (Å²) in [6.07, 6.45) is 1.33. The fraction of sp³-hybridized carbons (Fsp3) is 0.333. The number of carbonyl (C=O) groups excluding carboxylic acids is 1. The van der Waals surface area contributed by atoms with Crippen LogP contribution in [0.3, 0.4) is 0 Å². The Morgan fingerprint density at radius 3 is 2.73 bits per heavy atom. The van der Waals surface area contributed by atoms with Crippen molar-refractivity contribution in [3.63, 3.8) is 0 Å². The molecule has 0 fully saturated rings. The molecule has 0 N–H and O–H groups in total. The highest BCUT2D eigenvalue weighted by Crippen LogP contribution is 2.18. The fourth-order valence-electron chi connectivity index (χ4n) is 1.38. The SMILES string of the molecule is CCCC(=O)N(C)c1ccccc1C#N. The Morgan fingerprint density at radius 1 is 1.47 bits per heavy atom. The second-order valence-corrected chi connectivity index (χ2v) is 3.33. The first kappa shape index (κ1) is 11.3. The standard InChI is InChI=1S/C12H14N2O/c1-3-6-12(15)14(2)11-8-5-4-7-10(11)9-13/h4-5,7-8H,3,6H2,1-2H3. The van der Waals surface area contributed by atoms with E-state index < -0.39 is 0 Å². The third kappa shape index (κ3) is 2.57. The molecule has 0 radical (unpaired) electrons. The van der Waals surface area contributed by atoms with Crippen LogP contribution in [0.2, 0.25) is 0 Å². The predicted molar refractivity (Wildman–Crippen MR) is 59.5 cm³/mol. The van der Waals surface area contributed by atoms with Gasteiger partial charge < -0.3 is 4.90 Å². The summed E-state index contributed by atoms with van der Waals surface area (Å²) in [5, 5.41) is 8.89. The molecule has 1 aromatic carbocycles. The predicted octanol–water partition coefficient (Wildman–Crippen LogP) is 2.32. The smallest absolute Gasteiger partial charge is 0.226 e. The molecule has 0 aliphatic carbocycles. The summed E-state index contributed by atoms with van der Waals surface area (Å²) in [5.74, 6) is 0.0419. The van der Waals surface area contributed by atoms with Crippen LogP contribution in [0.5, 0.6) is 0 Å². The summed E-state index contributed by atoms with van der Waals surface area (Å²) in [7, 11) is 1.70. The van der Waals surface area contributed by atoms with Crippen molar-refractivity contribution >= 4 is 11.6 Å². The van der Waals surface area contributed by atoms with E-state index >= 15 is 0 Å². The number of nitrogens with zero attached hydrogens (tertiary/aromatic N) is 2. The Morgan fingerprint density at radius 2 is 2.13 bits per heavy atom. The van der Waals surface area contributed by atoms with Crippen molar-refractivity contribution in [3.8, 4) is 6.07 Å². The highest BCUT2D eigenvalue weighted by molar-refractivity contribution is 5.94. The highest BCUT2D eigenvalue weighted by Gasteiger charge is 2.12. The Kier molecular flexibility index (Phi) is 3.87. The third-order valence-electron chi connectivity index (χ3n) is 2.22. The molecule has 0 heterocycles. The topological polar surface area (TPSA) is 44.1 Å². The lowest BCUT2D eigenvalue weighted by atomic mass is 10.1. The van der Waals surface area contributed by atoms with Crippen LogP contribution in [0.4, 0.5) is 5.69 Å². The Bertz CT molecular complexity index is 393. The first-order valence-electron chi connectivity index (χ1n) is 4.96.